The van der Waals surface area contributed by atoms with E-state index in [0.29, 0.717) is 28.6 Å². The fraction of sp³-hybridized carbons (Fsp3) is 0.333. The summed E-state index contributed by atoms with van der Waals surface area (Å²) in [5.41, 5.74) is 6.86. The molecule has 9 nitrogen and oxygen atoms in total. The van der Waals surface area contributed by atoms with Crippen LogP contribution in [0.4, 0.5) is 11.6 Å². The fourth-order valence-corrected chi connectivity index (χ4v) is 3.24. The molecule has 2 aromatic rings. The van der Waals surface area contributed by atoms with Crippen LogP contribution in [0.5, 0.6) is 5.88 Å². The van der Waals surface area contributed by atoms with E-state index in [4.69, 9.17) is 10.5 Å². The standard InChI is InChI=1S/C18H21N5O4/c1-9-15(22-18-20-7-6-14(21-18)27-3)12-8-11(16(19)25)4-5-13(12)23(10(2)24)17(9)26/h4-9,15,17,26H,1-3H3,(H2,19,25)(H,20,21,22)/t9-,15-,17+/m1/s1. The molecule has 0 unspecified atom stereocenters. The largest absolute Gasteiger partial charge is 0.481 e. The summed E-state index contributed by atoms with van der Waals surface area (Å²) >= 11 is 0. The molecule has 9 heteroatoms. The number of aliphatic hydroxyl groups is 1. The average Bonchev–Trinajstić information content (AvgIpc) is 2.65. The molecular formula is C18H21N5O4. The van der Waals surface area contributed by atoms with Crippen molar-refractivity contribution < 1.29 is 19.4 Å². The number of benzene rings is 1. The second-order valence-electron chi connectivity index (χ2n) is 6.34. The minimum atomic E-state index is -1.06. The van der Waals surface area contributed by atoms with E-state index >= 15 is 0 Å². The van der Waals surface area contributed by atoms with Crippen LogP contribution in [0.3, 0.4) is 0 Å². The zero-order valence-electron chi connectivity index (χ0n) is 15.2. The number of fused-ring (bicyclic) bond motifs is 1. The first kappa shape index (κ1) is 18.6. The Hall–Kier alpha value is -3.20. The minimum absolute atomic E-state index is 0.296. The Morgan fingerprint density at radius 1 is 1.33 bits per heavy atom. The van der Waals surface area contributed by atoms with Crippen LogP contribution in [0, 0.1) is 5.92 Å². The molecule has 0 aliphatic carbocycles. The second kappa shape index (κ2) is 7.20. The van der Waals surface area contributed by atoms with E-state index < -0.39 is 24.1 Å². The first-order valence-electron chi connectivity index (χ1n) is 8.38. The summed E-state index contributed by atoms with van der Waals surface area (Å²) < 4.78 is 5.11. The normalized spacial score (nSPS) is 21.3. The van der Waals surface area contributed by atoms with Gasteiger partial charge in [-0.3, -0.25) is 14.5 Å². The first-order chi connectivity index (χ1) is 12.8. The third kappa shape index (κ3) is 3.41. The number of amides is 2. The predicted octanol–water partition coefficient (Wildman–Crippen LogP) is 1.06. The fourth-order valence-electron chi connectivity index (χ4n) is 3.24. The molecule has 142 valence electrons. The van der Waals surface area contributed by atoms with Gasteiger partial charge in [0.2, 0.25) is 23.6 Å². The molecule has 2 amide bonds. The third-order valence-corrected chi connectivity index (χ3v) is 4.63. The van der Waals surface area contributed by atoms with Crippen molar-refractivity contribution in [3.8, 4) is 5.88 Å². The number of aromatic nitrogens is 2. The maximum atomic E-state index is 12.1. The number of nitrogens with one attached hydrogen (secondary N) is 1. The highest BCUT2D eigenvalue weighted by Crippen LogP contribution is 2.42. The maximum absolute atomic E-state index is 12.1. The molecule has 27 heavy (non-hydrogen) atoms. The Labute approximate surface area is 156 Å². The van der Waals surface area contributed by atoms with Gasteiger partial charge in [-0.1, -0.05) is 6.92 Å². The molecule has 1 aliphatic heterocycles. The van der Waals surface area contributed by atoms with Crippen LogP contribution in [0.15, 0.2) is 30.5 Å². The van der Waals surface area contributed by atoms with Gasteiger partial charge in [0, 0.05) is 30.7 Å². The molecule has 1 aromatic heterocycles. The Kier molecular flexibility index (Phi) is 4.95. The Balaban J connectivity index is 2.09. The lowest BCUT2D eigenvalue weighted by Gasteiger charge is -2.42. The Bertz CT molecular complexity index is 888. The lowest BCUT2D eigenvalue weighted by Crippen LogP contribution is -2.50. The van der Waals surface area contributed by atoms with Crippen molar-refractivity contribution in [2.24, 2.45) is 11.7 Å². The van der Waals surface area contributed by atoms with E-state index in [2.05, 4.69) is 15.3 Å². The van der Waals surface area contributed by atoms with Gasteiger partial charge in [0.25, 0.3) is 0 Å². The molecule has 4 N–H and O–H groups in total. The van der Waals surface area contributed by atoms with Crippen LogP contribution < -0.4 is 20.7 Å². The van der Waals surface area contributed by atoms with E-state index in [0.717, 1.165) is 0 Å². The number of primary amides is 1. The number of hydrogen-bond donors (Lipinski definition) is 3. The summed E-state index contributed by atoms with van der Waals surface area (Å²) in [6.45, 7) is 3.17. The molecule has 0 saturated carbocycles. The van der Waals surface area contributed by atoms with Gasteiger partial charge in [-0.15, -0.1) is 0 Å². The number of carbonyl (C=O) groups is 2. The van der Waals surface area contributed by atoms with Crippen molar-refractivity contribution >= 4 is 23.5 Å². The lowest BCUT2D eigenvalue weighted by molar-refractivity contribution is -0.119. The highest BCUT2D eigenvalue weighted by atomic mass is 16.5. The van der Waals surface area contributed by atoms with Crippen molar-refractivity contribution in [1.29, 1.82) is 0 Å². The molecule has 3 atom stereocenters. The zero-order valence-corrected chi connectivity index (χ0v) is 15.2. The van der Waals surface area contributed by atoms with Crippen LogP contribution >= 0.6 is 0 Å². The Morgan fingerprint density at radius 2 is 2.07 bits per heavy atom. The Morgan fingerprint density at radius 3 is 2.70 bits per heavy atom. The molecule has 0 bridgehead atoms. The van der Waals surface area contributed by atoms with Crippen molar-refractivity contribution in [2.45, 2.75) is 26.1 Å². The quantitative estimate of drug-likeness (QED) is 0.732. The van der Waals surface area contributed by atoms with Gasteiger partial charge in [0.15, 0.2) is 0 Å². The molecule has 3 rings (SSSR count). The van der Waals surface area contributed by atoms with E-state index in [-0.39, 0.29) is 5.91 Å². The van der Waals surface area contributed by atoms with E-state index in [9.17, 15) is 14.7 Å². The van der Waals surface area contributed by atoms with Gasteiger partial charge in [0.05, 0.1) is 18.8 Å². The van der Waals surface area contributed by atoms with Gasteiger partial charge in [-0.2, -0.15) is 4.98 Å². The minimum Gasteiger partial charge on any atom is -0.481 e. The average molecular weight is 371 g/mol. The van der Waals surface area contributed by atoms with Crippen molar-refractivity contribution in [3.05, 3.63) is 41.6 Å². The van der Waals surface area contributed by atoms with Crippen LogP contribution in [-0.4, -0.2) is 40.2 Å². The molecule has 1 aromatic carbocycles. The van der Waals surface area contributed by atoms with Gasteiger partial charge in [-0.05, 0) is 23.8 Å². The molecule has 0 saturated heterocycles. The summed E-state index contributed by atoms with van der Waals surface area (Å²) in [5.74, 6) is -0.627. The topological polar surface area (TPSA) is 131 Å². The van der Waals surface area contributed by atoms with Gasteiger partial charge < -0.3 is 20.9 Å². The molecule has 0 radical (unpaired) electrons. The number of hydrogen-bond acceptors (Lipinski definition) is 7. The molecule has 0 fully saturated rings. The van der Waals surface area contributed by atoms with Crippen molar-refractivity contribution in [2.75, 3.05) is 17.3 Å². The SMILES string of the molecule is COc1ccnc(N[C@H]2c3cc(C(N)=O)ccc3N(C(C)=O)[C@@H](O)[C@@H]2C)n1. The number of methoxy groups -OCH3 is 1. The molecule has 0 spiro atoms. The third-order valence-electron chi connectivity index (χ3n) is 4.63. The zero-order chi connectivity index (χ0) is 19.7. The molecular weight excluding hydrogens is 350 g/mol. The predicted molar refractivity (Wildman–Crippen MR) is 98.2 cm³/mol. The number of ether oxygens (including phenoxy) is 1. The number of carbonyl (C=O) groups excluding carboxylic acids is 2. The summed E-state index contributed by atoms with van der Waals surface area (Å²) in [6, 6.07) is 5.90. The van der Waals surface area contributed by atoms with Gasteiger partial charge in [-0.25, -0.2) is 4.98 Å². The number of anilines is 2. The number of rotatable bonds is 4. The van der Waals surface area contributed by atoms with Crippen molar-refractivity contribution in [3.63, 3.8) is 0 Å². The monoisotopic (exact) mass is 371 g/mol. The van der Waals surface area contributed by atoms with E-state index in [1.54, 1.807) is 31.3 Å². The maximum Gasteiger partial charge on any atom is 0.248 e. The second-order valence-corrected chi connectivity index (χ2v) is 6.34. The van der Waals surface area contributed by atoms with Crippen LogP contribution in [-0.2, 0) is 4.79 Å². The lowest BCUT2D eigenvalue weighted by atomic mass is 9.85. The van der Waals surface area contributed by atoms with Crippen LogP contribution in [0.25, 0.3) is 0 Å². The first-order valence-corrected chi connectivity index (χ1v) is 8.38. The summed E-state index contributed by atoms with van der Waals surface area (Å²) in [6.07, 6.45) is 0.485. The summed E-state index contributed by atoms with van der Waals surface area (Å²) in [7, 11) is 1.50. The summed E-state index contributed by atoms with van der Waals surface area (Å²) in [4.78, 5) is 33.4. The smallest absolute Gasteiger partial charge is 0.248 e. The van der Waals surface area contributed by atoms with Crippen LogP contribution in [0.1, 0.15) is 35.8 Å². The van der Waals surface area contributed by atoms with E-state index in [1.807, 2.05) is 0 Å². The van der Waals surface area contributed by atoms with Crippen LogP contribution in [0.2, 0.25) is 0 Å². The summed E-state index contributed by atoms with van der Waals surface area (Å²) in [5, 5.41) is 13.9. The van der Waals surface area contributed by atoms with Gasteiger partial charge in [0.1, 0.15) is 6.23 Å². The highest BCUT2D eigenvalue weighted by molar-refractivity contribution is 5.97. The number of aliphatic hydroxyl groups excluding tert-OH is 1. The van der Waals surface area contributed by atoms with Gasteiger partial charge >= 0.3 is 0 Å². The van der Waals surface area contributed by atoms with Crippen molar-refractivity contribution in [1.82, 2.24) is 9.97 Å². The van der Waals surface area contributed by atoms with E-state index in [1.165, 1.54) is 25.0 Å². The molecule has 2 heterocycles. The number of nitrogens with zero attached hydrogens (tertiary/aromatic N) is 3. The number of nitrogens with two attached hydrogens (primary N) is 1. The molecule has 1 aliphatic rings. The highest BCUT2D eigenvalue weighted by Gasteiger charge is 2.40.